The summed E-state index contributed by atoms with van der Waals surface area (Å²) in [6, 6.07) is 9.64. The number of anilines is 1. The topological polar surface area (TPSA) is 69.5 Å². The Bertz CT molecular complexity index is 966. The molecule has 1 aliphatic rings. The van der Waals surface area contributed by atoms with Crippen LogP contribution in [-0.2, 0) is 16.8 Å². The van der Waals surface area contributed by atoms with E-state index in [2.05, 4.69) is 44.4 Å². The molecule has 0 aliphatic carbocycles. The number of nitrogens with one attached hydrogen (secondary N) is 1. The van der Waals surface area contributed by atoms with Crippen molar-refractivity contribution in [2.75, 3.05) is 5.32 Å². The Hall–Kier alpha value is -2.13. The Balaban J connectivity index is 1.88. The summed E-state index contributed by atoms with van der Waals surface area (Å²) >= 11 is 7.62. The van der Waals surface area contributed by atoms with E-state index in [1.165, 1.54) is 17.4 Å². The second kappa shape index (κ2) is 7.12. The molecule has 3 N–H and O–H groups in total. The van der Waals surface area contributed by atoms with E-state index in [0.29, 0.717) is 15.6 Å². The van der Waals surface area contributed by atoms with Gasteiger partial charge in [0.25, 0.3) is 0 Å². The van der Waals surface area contributed by atoms with Gasteiger partial charge in [-0.2, -0.15) is 5.26 Å². The maximum absolute atomic E-state index is 12.4. The fraction of sp³-hybridized carbons (Fsp3) is 0.333. The summed E-state index contributed by atoms with van der Waals surface area (Å²) in [5.74, 6) is -0.272. The number of carbonyl (C=O) groups excluding carboxylic acids is 1. The van der Waals surface area contributed by atoms with Crippen LogP contribution in [0.5, 0.6) is 0 Å². The zero-order valence-corrected chi connectivity index (χ0v) is 17.5. The van der Waals surface area contributed by atoms with Gasteiger partial charge in [0.2, 0.25) is 5.91 Å². The number of nitriles is 1. The van der Waals surface area contributed by atoms with Gasteiger partial charge in [-0.3, -0.25) is 4.79 Å². The van der Waals surface area contributed by atoms with E-state index < -0.39 is 0 Å². The summed E-state index contributed by atoms with van der Waals surface area (Å²) < 4.78 is 0. The first kappa shape index (κ1) is 19.6. The number of fused-ring (bicyclic) bond motifs is 1. The van der Waals surface area contributed by atoms with Crippen LogP contribution >= 0.6 is 22.9 Å². The van der Waals surface area contributed by atoms with E-state index in [1.54, 1.807) is 12.1 Å². The van der Waals surface area contributed by atoms with E-state index in [1.807, 2.05) is 18.2 Å². The smallest absolute Gasteiger partial charge is 0.249 e. The van der Waals surface area contributed by atoms with Gasteiger partial charge in [0.1, 0.15) is 16.6 Å². The lowest BCUT2D eigenvalue weighted by Gasteiger charge is -2.38. The van der Waals surface area contributed by atoms with E-state index in [9.17, 15) is 10.1 Å². The average Bonchev–Trinajstić information content (AvgIpc) is 2.90. The Morgan fingerprint density at radius 1 is 1.33 bits per heavy atom. The third kappa shape index (κ3) is 4.08. The van der Waals surface area contributed by atoms with Gasteiger partial charge in [0.15, 0.2) is 0 Å². The number of nitrogens with zero attached hydrogens (tertiary/aromatic N) is 1. The van der Waals surface area contributed by atoms with E-state index in [4.69, 9.17) is 11.6 Å². The highest BCUT2D eigenvalue weighted by Crippen LogP contribution is 2.41. The number of quaternary nitrogens is 1. The van der Waals surface area contributed by atoms with Crippen LogP contribution in [-0.4, -0.2) is 11.4 Å². The summed E-state index contributed by atoms with van der Waals surface area (Å²) in [6.07, 6.45) is 3.93. The van der Waals surface area contributed by atoms with Crippen LogP contribution in [0.3, 0.4) is 0 Å². The normalized spacial score (nSPS) is 17.3. The van der Waals surface area contributed by atoms with Gasteiger partial charge in [0, 0.05) is 17.5 Å². The molecule has 0 bridgehead atoms. The molecule has 2 heterocycles. The van der Waals surface area contributed by atoms with Crippen molar-refractivity contribution in [2.45, 2.75) is 45.2 Å². The monoisotopic (exact) mass is 400 g/mol. The van der Waals surface area contributed by atoms with Crippen molar-refractivity contribution in [3.63, 3.8) is 0 Å². The molecule has 0 unspecified atom stereocenters. The molecule has 1 aliphatic heterocycles. The van der Waals surface area contributed by atoms with Crippen LogP contribution in [0, 0.1) is 11.3 Å². The third-order valence-corrected chi connectivity index (χ3v) is 6.48. The second-order valence-corrected chi connectivity index (χ2v) is 9.53. The summed E-state index contributed by atoms with van der Waals surface area (Å²) in [5, 5.41) is 16.2. The molecule has 1 aromatic heterocycles. The SMILES string of the molecule is CC1(C)Cc2c(sc(NC(=O)/C=C/c3ccccc3Cl)c2C#N)C(C)(C)[NH2+]1. The van der Waals surface area contributed by atoms with E-state index in [0.717, 1.165) is 22.4 Å². The van der Waals surface area contributed by atoms with Crippen molar-refractivity contribution in [2.24, 2.45) is 0 Å². The molecular formula is C21H23ClN3OS+. The van der Waals surface area contributed by atoms with Gasteiger partial charge in [-0.25, -0.2) is 0 Å². The predicted molar refractivity (Wildman–Crippen MR) is 111 cm³/mol. The Morgan fingerprint density at radius 3 is 2.70 bits per heavy atom. The molecule has 0 spiro atoms. The van der Waals surface area contributed by atoms with Gasteiger partial charge in [-0.15, -0.1) is 11.3 Å². The number of rotatable bonds is 3. The molecule has 1 aromatic carbocycles. The Morgan fingerprint density at radius 2 is 2.04 bits per heavy atom. The summed E-state index contributed by atoms with van der Waals surface area (Å²) in [4.78, 5) is 13.6. The number of benzene rings is 1. The lowest BCUT2D eigenvalue weighted by molar-refractivity contribution is -0.789. The molecule has 27 heavy (non-hydrogen) atoms. The van der Waals surface area contributed by atoms with Gasteiger partial charge >= 0.3 is 0 Å². The average molecular weight is 401 g/mol. The highest BCUT2D eigenvalue weighted by atomic mass is 35.5. The molecule has 4 nitrogen and oxygen atoms in total. The van der Waals surface area contributed by atoms with Crippen LogP contribution in [0.15, 0.2) is 30.3 Å². The minimum Gasteiger partial charge on any atom is -0.333 e. The van der Waals surface area contributed by atoms with Crippen molar-refractivity contribution >= 4 is 39.9 Å². The van der Waals surface area contributed by atoms with Crippen LogP contribution in [0.25, 0.3) is 6.08 Å². The highest BCUT2D eigenvalue weighted by Gasteiger charge is 2.44. The predicted octanol–water partition coefficient (Wildman–Crippen LogP) is 4.06. The minimum absolute atomic E-state index is 0.00835. The number of amides is 1. The summed E-state index contributed by atoms with van der Waals surface area (Å²) in [5.41, 5.74) is 2.30. The zero-order valence-electron chi connectivity index (χ0n) is 15.9. The number of hydrogen-bond donors (Lipinski definition) is 2. The number of thiophene rings is 1. The van der Waals surface area contributed by atoms with Crippen LogP contribution in [0.1, 0.15) is 49.3 Å². The Kier molecular flexibility index (Phi) is 5.18. The third-order valence-electron chi connectivity index (χ3n) is 4.64. The summed E-state index contributed by atoms with van der Waals surface area (Å²) in [7, 11) is 0. The van der Waals surface area contributed by atoms with Crippen molar-refractivity contribution in [1.29, 1.82) is 5.26 Å². The van der Waals surface area contributed by atoms with Gasteiger partial charge in [-0.1, -0.05) is 29.8 Å². The van der Waals surface area contributed by atoms with Crippen molar-refractivity contribution in [3.8, 4) is 6.07 Å². The molecule has 0 radical (unpaired) electrons. The number of nitrogens with two attached hydrogens (primary N) is 1. The molecule has 0 saturated heterocycles. The molecule has 0 atom stereocenters. The largest absolute Gasteiger partial charge is 0.333 e. The quantitative estimate of drug-likeness (QED) is 0.763. The molecule has 2 aromatic rings. The van der Waals surface area contributed by atoms with Crippen molar-refractivity contribution in [1.82, 2.24) is 0 Å². The van der Waals surface area contributed by atoms with E-state index >= 15 is 0 Å². The lowest BCUT2D eigenvalue weighted by Crippen LogP contribution is -3.03. The van der Waals surface area contributed by atoms with Gasteiger partial charge in [-0.05, 0) is 51.0 Å². The standard InChI is InChI=1S/C21H22ClN3OS/c1-20(2)11-14-15(12-23)19(27-18(14)21(3,4)25-20)24-17(26)10-9-13-7-5-6-8-16(13)22/h5-10,25H,11H2,1-4H3,(H,24,26)/p+1/b10-9+. The molecular weight excluding hydrogens is 378 g/mol. The van der Waals surface area contributed by atoms with Crippen molar-refractivity contribution in [3.05, 3.63) is 56.9 Å². The second-order valence-electron chi connectivity index (χ2n) is 8.10. The molecule has 140 valence electrons. The number of carbonyl (C=O) groups is 1. The Labute approximate surface area is 168 Å². The van der Waals surface area contributed by atoms with Gasteiger partial charge < -0.3 is 10.6 Å². The summed E-state index contributed by atoms with van der Waals surface area (Å²) in [6.45, 7) is 8.68. The fourth-order valence-corrected chi connectivity index (χ4v) is 5.28. The first-order valence-electron chi connectivity index (χ1n) is 8.80. The molecule has 3 rings (SSSR count). The maximum atomic E-state index is 12.4. The number of hydrogen-bond acceptors (Lipinski definition) is 3. The minimum atomic E-state index is -0.272. The molecule has 6 heteroatoms. The molecule has 0 fully saturated rings. The highest BCUT2D eigenvalue weighted by molar-refractivity contribution is 7.16. The van der Waals surface area contributed by atoms with Crippen LogP contribution in [0.2, 0.25) is 5.02 Å². The zero-order chi connectivity index (χ0) is 19.8. The van der Waals surface area contributed by atoms with E-state index in [-0.39, 0.29) is 17.0 Å². The number of halogens is 1. The maximum Gasteiger partial charge on any atom is 0.249 e. The van der Waals surface area contributed by atoms with Crippen molar-refractivity contribution < 1.29 is 10.1 Å². The van der Waals surface area contributed by atoms with Crippen LogP contribution in [0.4, 0.5) is 5.00 Å². The molecule has 0 saturated carbocycles. The van der Waals surface area contributed by atoms with Gasteiger partial charge in [0.05, 0.1) is 16.0 Å². The molecule has 1 amide bonds. The van der Waals surface area contributed by atoms with Crippen LogP contribution < -0.4 is 10.6 Å². The first-order valence-corrected chi connectivity index (χ1v) is 9.99. The first-order chi connectivity index (χ1) is 12.6. The lowest BCUT2D eigenvalue weighted by atomic mass is 9.81. The fourth-order valence-electron chi connectivity index (χ4n) is 3.84.